The number of aliphatic hydroxyl groups is 2. The molecule has 2 N–H and O–H groups in total. The van der Waals surface area contributed by atoms with E-state index >= 15 is 0 Å². The van der Waals surface area contributed by atoms with E-state index in [-0.39, 0.29) is 28.6 Å². The van der Waals surface area contributed by atoms with Crippen molar-refractivity contribution in [2.24, 2.45) is 39.0 Å². The maximum Gasteiger partial charge on any atom is 0.131 e. The molecule has 0 aromatic rings. The standard InChI is InChI=1S/C23H33NO3/c1-13(25)9-18-21(3)6-4-7-22(12-24-18)16(21)11-19(26)23-8-5-15(10-17(22)23)14(2)20(23)27/h12,15-20,26-27H,2,4-11H2,1,3H3. The Morgan fingerprint density at radius 3 is 2.78 bits per heavy atom. The SMILES string of the molecule is C=C1C2CCC3(C(O)CC4C5(C)CCCC4(C=NC5CC(C)=O)C3C2)C1O. The lowest BCUT2D eigenvalue weighted by atomic mass is 9.34. The summed E-state index contributed by atoms with van der Waals surface area (Å²) in [4.78, 5) is 16.9. The van der Waals surface area contributed by atoms with Gasteiger partial charge in [0.1, 0.15) is 5.78 Å². The van der Waals surface area contributed by atoms with E-state index in [2.05, 4.69) is 19.7 Å². The molecule has 4 bridgehead atoms. The van der Waals surface area contributed by atoms with Crippen LogP contribution in [0.25, 0.3) is 0 Å². The molecule has 5 aliphatic carbocycles. The minimum Gasteiger partial charge on any atom is -0.392 e. The molecule has 5 fully saturated rings. The number of hydrogen-bond donors (Lipinski definition) is 2. The van der Waals surface area contributed by atoms with Crippen molar-refractivity contribution in [1.82, 2.24) is 0 Å². The molecular weight excluding hydrogens is 338 g/mol. The van der Waals surface area contributed by atoms with Crippen molar-refractivity contribution in [3.63, 3.8) is 0 Å². The van der Waals surface area contributed by atoms with E-state index in [1.165, 1.54) is 0 Å². The van der Waals surface area contributed by atoms with Crippen molar-refractivity contribution in [3.8, 4) is 0 Å². The smallest absolute Gasteiger partial charge is 0.131 e. The summed E-state index contributed by atoms with van der Waals surface area (Å²) in [5, 5.41) is 22.6. The minimum absolute atomic E-state index is 0.0279. The molecule has 1 heterocycles. The van der Waals surface area contributed by atoms with Crippen LogP contribution < -0.4 is 0 Å². The molecule has 0 amide bonds. The van der Waals surface area contributed by atoms with Crippen LogP contribution in [-0.4, -0.2) is 40.5 Å². The van der Waals surface area contributed by atoms with E-state index < -0.39 is 17.6 Å². The van der Waals surface area contributed by atoms with Gasteiger partial charge in [0.15, 0.2) is 0 Å². The van der Waals surface area contributed by atoms with Crippen molar-refractivity contribution in [3.05, 3.63) is 12.2 Å². The highest BCUT2D eigenvalue weighted by atomic mass is 16.3. The van der Waals surface area contributed by atoms with E-state index in [0.29, 0.717) is 18.3 Å². The van der Waals surface area contributed by atoms with Gasteiger partial charge in [0.25, 0.3) is 0 Å². The highest BCUT2D eigenvalue weighted by Crippen LogP contribution is 2.73. The molecule has 0 aromatic carbocycles. The third-order valence-corrected chi connectivity index (χ3v) is 9.71. The summed E-state index contributed by atoms with van der Waals surface area (Å²) in [6.45, 7) is 8.19. The monoisotopic (exact) mass is 371 g/mol. The predicted molar refractivity (Wildman–Crippen MR) is 104 cm³/mol. The Balaban J connectivity index is 1.64. The molecule has 1 aliphatic heterocycles. The van der Waals surface area contributed by atoms with E-state index in [1.54, 1.807) is 6.92 Å². The van der Waals surface area contributed by atoms with Gasteiger partial charge in [-0.3, -0.25) is 9.79 Å². The number of aliphatic imine (C=N–C) groups is 1. The zero-order valence-electron chi connectivity index (χ0n) is 16.7. The van der Waals surface area contributed by atoms with Gasteiger partial charge in [0.05, 0.1) is 18.2 Å². The zero-order valence-corrected chi connectivity index (χ0v) is 16.7. The van der Waals surface area contributed by atoms with E-state index in [0.717, 1.165) is 50.5 Å². The van der Waals surface area contributed by atoms with Crippen LogP contribution in [0.5, 0.6) is 0 Å². The Bertz CT molecular complexity index is 731. The molecule has 0 radical (unpaired) electrons. The van der Waals surface area contributed by atoms with Crippen LogP contribution in [-0.2, 0) is 4.79 Å². The van der Waals surface area contributed by atoms with E-state index in [1.807, 2.05) is 0 Å². The van der Waals surface area contributed by atoms with Crippen molar-refractivity contribution < 1.29 is 15.0 Å². The summed E-state index contributed by atoms with van der Waals surface area (Å²) in [5.74, 6) is 1.21. The van der Waals surface area contributed by atoms with Gasteiger partial charge in [-0.05, 0) is 74.2 Å². The van der Waals surface area contributed by atoms with Crippen molar-refractivity contribution >= 4 is 12.0 Å². The number of aliphatic hydroxyl groups excluding tert-OH is 2. The molecule has 0 saturated heterocycles. The van der Waals surface area contributed by atoms with Crippen LogP contribution in [0.2, 0.25) is 0 Å². The number of carbonyl (C=O) groups is 1. The lowest BCUT2D eigenvalue weighted by Gasteiger charge is -2.71. The summed E-state index contributed by atoms with van der Waals surface area (Å²) in [6, 6.07) is 0.0374. The average molecular weight is 372 g/mol. The van der Waals surface area contributed by atoms with Gasteiger partial charge in [0.2, 0.25) is 0 Å². The van der Waals surface area contributed by atoms with Crippen molar-refractivity contribution in [2.75, 3.05) is 0 Å². The number of Topliss-reactive ketones (excluding diaryl/α,β-unsaturated/α-hetero) is 1. The molecule has 27 heavy (non-hydrogen) atoms. The van der Waals surface area contributed by atoms with Crippen LogP contribution in [0.4, 0.5) is 0 Å². The first-order valence-corrected chi connectivity index (χ1v) is 10.8. The molecule has 6 rings (SSSR count). The van der Waals surface area contributed by atoms with Crippen molar-refractivity contribution in [1.29, 1.82) is 0 Å². The Morgan fingerprint density at radius 2 is 2.04 bits per heavy atom. The lowest BCUT2D eigenvalue weighted by molar-refractivity contribution is -0.239. The third kappa shape index (κ3) is 2.02. The highest BCUT2D eigenvalue weighted by molar-refractivity contribution is 5.78. The predicted octanol–water partition coefficient (Wildman–Crippen LogP) is 3.31. The van der Waals surface area contributed by atoms with Gasteiger partial charge in [0, 0.05) is 23.5 Å². The fourth-order valence-corrected chi connectivity index (χ4v) is 8.44. The Hall–Kier alpha value is -1.00. The third-order valence-electron chi connectivity index (χ3n) is 9.71. The molecule has 9 unspecified atom stereocenters. The molecule has 9 atom stereocenters. The largest absolute Gasteiger partial charge is 0.392 e. The number of carbonyl (C=O) groups excluding carboxylic acids is 1. The lowest BCUT2D eigenvalue weighted by Crippen LogP contribution is -2.72. The van der Waals surface area contributed by atoms with Gasteiger partial charge in [-0.15, -0.1) is 0 Å². The van der Waals surface area contributed by atoms with Crippen LogP contribution in [0, 0.1) is 34.0 Å². The quantitative estimate of drug-likeness (QED) is 0.732. The number of rotatable bonds is 2. The van der Waals surface area contributed by atoms with Gasteiger partial charge in [-0.25, -0.2) is 0 Å². The molecule has 4 heteroatoms. The van der Waals surface area contributed by atoms with Gasteiger partial charge < -0.3 is 10.2 Å². The Morgan fingerprint density at radius 1 is 1.26 bits per heavy atom. The molecule has 1 spiro atoms. The molecule has 5 saturated carbocycles. The summed E-state index contributed by atoms with van der Waals surface area (Å²) in [7, 11) is 0. The first-order valence-electron chi connectivity index (χ1n) is 10.8. The van der Waals surface area contributed by atoms with Crippen LogP contribution in [0.15, 0.2) is 17.1 Å². The maximum absolute atomic E-state index is 11.9. The van der Waals surface area contributed by atoms with Crippen LogP contribution >= 0.6 is 0 Å². The number of ketones is 1. The van der Waals surface area contributed by atoms with E-state index in [4.69, 9.17) is 4.99 Å². The Kier molecular flexibility index (Phi) is 3.70. The van der Waals surface area contributed by atoms with Gasteiger partial charge in [-0.2, -0.15) is 0 Å². The van der Waals surface area contributed by atoms with Crippen LogP contribution in [0.1, 0.15) is 65.2 Å². The second-order valence-corrected chi connectivity index (χ2v) is 10.6. The molecular formula is C23H33NO3. The normalized spacial score (nSPS) is 55.8. The summed E-state index contributed by atoms with van der Waals surface area (Å²) >= 11 is 0. The number of fused-ring (bicyclic) bond motifs is 2. The molecule has 6 aliphatic rings. The molecule has 0 aromatic heterocycles. The van der Waals surface area contributed by atoms with E-state index in [9.17, 15) is 15.0 Å². The minimum atomic E-state index is -0.586. The zero-order chi connectivity index (χ0) is 19.2. The topological polar surface area (TPSA) is 69.9 Å². The average Bonchev–Trinajstić information content (AvgIpc) is 2.62. The summed E-state index contributed by atoms with van der Waals surface area (Å²) < 4.78 is 0. The maximum atomic E-state index is 11.9. The fourth-order valence-electron chi connectivity index (χ4n) is 8.44. The first kappa shape index (κ1) is 18.1. The van der Waals surface area contributed by atoms with Gasteiger partial charge >= 0.3 is 0 Å². The number of nitrogens with zero attached hydrogens (tertiary/aromatic N) is 1. The first-order chi connectivity index (χ1) is 12.8. The van der Waals surface area contributed by atoms with Gasteiger partial charge in [-0.1, -0.05) is 19.9 Å². The fraction of sp³-hybridized carbons (Fsp3) is 0.826. The second kappa shape index (κ2) is 5.54. The highest BCUT2D eigenvalue weighted by Gasteiger charge is 2.72. The molecule has 148 valence electrons. The second-order valence-electron chi connectivity index (χ2n) is 10.6. The summed E-state index contributed by atoms with van der Waals surface area (Å²) in [6.07, 6.45) is 8.68. The molecule has 4 nitrogen and oxygen atoms in total. The summed E-state index contributed by atoms with van der Waals surface area (Å²) in [5.41, 5.74) is 0.451. The van der Waals surface area contributed by atoms with Crippen LogP contribution in [0.3, 0.4) is 0 Å². The number of hydrogen-bond acceptors (Lipinski definition) is 4. The Labute approximate surface area is 162 Å². The van der Waals surface area contributed by atoms with Crippen molar-refractivity contribution in [2.45, 2.75) is 83.5 Å².